The molecule has 3 heterocycles. The maximum Gasteiger partial charge on any atom is 0.497 e. The third kappa shape index (κ3) is 8.92. The van der Waals surface area contributed by atoms with Crippen molar-refractivity contribution in [3.63, 3.8) is 0 Å². The van der Waals surface area contributed by atoms with Crippen molar-refractivity contribution in [1.29, 1.82) is 0 Å². The van der Waals surface area contributed by atoms with E-state index < -0.39 is 23.3 Å². The zero-order valence-electron chi connectivity index (χ0n) is 28.2. The summed E-state index contributed by atoms with van der Waals surface area (Å²) in [6, 6.07) is 14.6. The fourth-order valence-electron chi connectivity index (χ4n) is 4.68. The summed E-state index contributed by atoms with van der Waals surface area (Å²) in [5.41, 5.74) is 2.41. The lowest BCUT2D eigenvalue weighted by Crippen LogP contribution is -2.41. The average molecular weight is 702 g/mol. The van der Waals surface area contributed by atoms with Gasteiger partial charge in [-0.3, -0.25) is 0 Å². The quantitative estimate of drug-likeness (QED) is 0.118. The van der Waals surface area contributed by atoms with Crippen LogP contribution in [0.25, 0.3) is 21.8 Å². The van der Waals surface area contributed by atoms with E-state index in [4.69, 9.17) is 18.8 Å². The zero-order valence-corrected chi connectivity index (χ0v) is 31.8. The predicted molar refractivity (Wildman–Crippen MR) is 191 cm³/mol. The van der Waals surface area contributed by atoms with Crippen LogP contribution in [0.15, 0.2) is 53.3 Å². The van der Waals surface area contributed by atoms with Crippen molar-refractivity contribution in [3.05, 3.63) is 53.3 Å². The van der Waals surface area contributed by atoms with Crippen LogP contribution in [-0.2, 0) is 32.2 Å². The molecule has 2 aromatic carbocycles. The van der Waals surface area contributed by atoms with E-state index >= 15 is 0 Å². The number of aromatic nitrogens is 4. The Balaban J connectivity index is 0.000000215. The molecule has 0 amide bonds. The maximum atomic E-state index is 6.25. The van der Waals surface area contributed by atoms with Crippen LogP contribution >= 0.6 is 15.9 Å². The van der Waals surface area contributed by atoms with E-state index in [2.05, 4.69) is 111 Å². The van der Waals surface area contributed by atoms with Crippen LogP contribution in [0.5, 0.6) is 0 Å². The Labute approximate surface area is 274 Å². The van der Waals surface area contributed by atoms with Gasteiger partial charge in [0.2, 0.25) is 0 Å². The Hall–Kier alpha value is -1.80. The molecule has 0 spiro atoms. The standard InChI is InChI=1S/C19H31BN2O3Si.C13H19BrN2OSi/c1-18(2)19(3,4)25-20(24-18)16-10-8-9-15-13-21-22(17(15)16)14-23-11-12-26(5,6)7;1-18(2,3)8-7-17-10-16-13-11(9-15-16)5-4-6-12(13)14/h8-10,13H,11-12,14H2,1-7H3;4-6,9H,7-8,10H2,1-3H3. The van der Waals surface area contributed by atoms with Gasteiger partial charge in [-0.15, -0.1) is 0 Å². The second-order valence-electron chi connectivity index (χ2n) is 15.0. The Morgan fingerprint density at radius 1 is 0.727 bits per heavy atom. The van der Waals surface area contributed by atoms with Crippen LogP contribution in [0.2, 0.25) is 51.4 Å². The van der Waals surface area contributed by atoms with Gasteiger partial charge in [-0.25, -0.2) is 9.36 Å². The molecule has 1 saturated heterocycles. The van der Waals surface area contributed by atoms with Gasteiger partial charge in [0.1, 0.15) is 13.5 Å². The summed E-state index contributed by atoms with van der Waals surface area (Å²) in [4.78, 5) is 0. The number of nitrogens with zero attached hydrogens (tertiary/aromatic N) is 4. The second kappa shape index (κ2) is 13.9. The van der Waals surface area contributed by atoms with Crippen LogP contribution in [-0.4, -0.2) is 67.2 Å². The molecule has 0 N–H and O–H groups in total. The second-order valence-corrected chi connectivity index (χ2v) is 27.1. The van der Waals surface area contributed by atoms with Crippen LogP contribution in [0.3, 0.4) is 0 Å². The molecular formula is C32H50BBrN4O4Si2. The smallest absolute Gasteiger partial charge is 0.399 e. The zero-order chi connectivity index (χ0) is 32.3. The first-order valence-corrected chi connectivity index (χ1v) is 23.7. The van der Waals surface area contributed by atoms with Gasteiger partial charge < -0.3 is 18.8 Å². The maximum absolute atomic E-state index is 6.25. The number of fused-ring (bicyclic) bond motifs is 2. The normalized spacial score (nSPS) is 16.5. The molecular weight excluding hydrogens is 651 g/mol. The lowest BCUT2D eigenvalue weighted by Gasteiger charge is -2.32. The molecule has 2 aromatic heterocycles. The molecule has 0 atom stereocenters. The van der Waals surface area contributed by atoms with Crippen molar-refractivity contribution >= 4 is 66.5 Å². The highest BCUT2D eigenvalue weighted by molar-refractivity contribution is 9.10. The van der Waals surface area contributed by atoms with E-state index in [0.29, 0.717) is 13.5 Å². The first-order chi connectivity index (χ1) is 20.5. The molecule has 0 saturated carbocycles. The number of ether oxygens (including phenoxy) is 2. The van der Waals surface area contributed by atoms with E-state index in [1.54, 1.807) is 0 Å². The molecule has 1 fully saturated rings. The minimum Gasteiger partial charge on any atom is -0.399 e. The highest BCUT2D eigenvalue weighted by Gasteiger charge is 2.52. The van der Waals surface area contributed by atoms with Crippen molar-refractivity contribution < 1.29 is 18.8 Å². The molecule has 1 aliphatic rings. The van der Waals surface area contributed by atoms with Crippen molar-refractivity contribution in [3.8, 4) is 0 Å². The van der Waals surface area contributed by atoms with Gasteiger partial charge in [0, 0.05) is 50.1 Å². The number of halogens is 1. The number of hydrogen-bond acceptors (Lipinski definition) is 6. The summed E-state index contributed by atoms with van der Waals surface area (Å²) in [5, 5.41) is 11.1. The SMILES string of the molecule is CC1(C)OB(c2cccc3cnn(COCC[Si](C)(C)C)c23)OC1(C)C.C[Si](C)(C)CCOCn1ncc2cccc(Br)c21. The topological polar surface area (TPSA) is 72.6 Å². The summed E-state index contributed by atoms with van der Waals surface area (Å²) >= 11 is 3.56. The summed E-state index contributed by atoms with van der Waals surface area (Å²) in [6.45, 7) is 25.0. The molecule has 0 radical (unpaired) electrons. The Morgan fingerprint density at radius 2 is 1.18 bits per heavy atom. The fraction of sp³-hybridized carbons (Fsp3) is 0.562. The van der Waals surface area contributed by atoms with Crippen LogP contribution < -0.4 is 5.46 Å². The van der Waals surface area contributed by atoms with Crippen LogP contribution in [0.1, 0.15) is 27.7 Å². The van der Waals surface area contributed by atoms with Crippen LogP contribution in [0, 0.1) is 0 Å². The van der Waals surface area contributed by atoms with Crippen molar-refractivity contribution in [1.82, 2.24) is 19.6 Å². The van der Waals surface area contributed by atoms with Gasteiger partial charge in [-0.1, -0.05) is 69.6 Å². The summed E-state index contributed by atoms with van der Waals surface area (Å²) in [7, 11) is -2.50. The third-order valence-electron chi connectivity index (χ3n) is 8.23. The van der Waals surface area contributed by atoms with E-state index in [1.165, 1.54) is 6.04 Å². The van der Waals surface area contributed by atoms with Gasteiger partial charge in [0.15, 0.2) is 0 Å². The molecule has 12 heteroatoms. The number of rotatable bonds is 11. The summed E-state index contributed by atoms with van der Waals surface area (Å²) in [6.07, 6.45) is 3.76. The Bertz CT molecular complexity index is 1530. The van der Waals surface area contributed by atoms with Gasteiger partial charge >= 0.3 is 7.12 Å². The van der Waals surface area contributed by atoms with E-state index in [9.17, 15) is 0 Å². The van der Waals surface area contributed by atoms with Gasteiger partial charge in [-0.05, 0) is 61.8 Å². The lowest BCUT2D eigenvalue weighted by molar-refractivity contribution is 0.00578. The van der Waals surface area contributed by atoms with Crippen molar-refractivity contribution in [2.45, 2.75) is 104 Å². The van der Waals surface area contributed by atoms with E-state index in [1.807, 2.05) is 40.0 Å². The monoisotopic (exact) mass is 700 g/mol. The van der Waals surface area contributed by atoms with E-state index in [0.717, 1.165) is 51.0 Å². The fourth-order valence-corrected chi connectivity index (χ4v) is 6.78. The largest absolute Gasteiger partial charge is 0.497 e. The molecule has 1 aliphatic heterocycles. The molecule has 240 valence electrons. The lowest BCUT2D eigenvalue weighted by atomic mass is 9.78. The highest BCUT2D eigenvalue weighted by atomic mass is 79.9. The highest BCUT2D eigenvalue weighted by Crippen LogP contribution is 2.37. The van der Waals surface area contributed by atoms with Crippen molar-refractivity contribution in [2.24, 2.45) is 0 Å². The van der Waals surface area contributed by atoms with Crippen LogP contribution in [0.4, 0.5) is 0 Å². The molecule has 0 unspecified atom stereocenters. The summed E-state index contributed by atoms with van der Waals surface area (Å²) in [5.74, 6) is 0. The minimum atomic E-state index is -1.09. The predicted octanol–water partition coefficient (Wildman–Crippen LogP) is 7.76. The molecule has 0 bridgehead atoms. The van der Waals surface area contributed by atoms with E-state index in [-0.39, 0.29) is 11.2 Å². The summed E-state index contributed by atoms with van der Waals surface area (Å²) < 4.78 is 29.0. The molecule has 0 aliphatic carbocycles. The van der Waals surface area contributed by atoms with Gasteiger partial charge in [0.25, 0.3) is 0 Å². The third-order valence-corrected chi connectivity index (χ3v) is 12.3. The van der Waals surface area contributed by atoms with Gasteiger partial charge in [-0.2, -0.15) is 10.2 Å². The minimum absolute atomic E-state index is 0.363. The van der Waals surface area contributed by atoms with Gasteiger partial charge in [0.05, 0.1) is 34.6 Å². The molecule has 8 nitrogen and oxygen atoms in total. The number of para-hydroxylation sites is 2. The Kier molecular flexibility index (Phi) is 11.1. The number of hydrogen-bond donors (Lipinski definition) is 0. The van der Waals surface area contributed by atoms with Crippen molar-refractivity contribution in [2.75, 3.05) is 13.2 Å². The number of benzene rings is 2. The first kappa shape index (κ1) is 35.1. The molecule has 4 aromatic rings. The Morgan fingerprint density at radius 3 is 1.68 bits per heavy atom. The average Bonchev–Trinajstić information content (AvgIpc) is 3.58. The first-order valence-electron chi connectivity index (χ1n) is 15.5. The molecule has 5 rings (SSSR count). The molecule has 44 heavy (non-hydrogen) atoms.